The van der Waals surface area contributed by atoms with Crippen molar-refractivity contribution in [3.8, 4) is 16.9 Å². The lowest BCUT2D eigenvalue weighted by atomic mass is 9.70. The van der Waals surface area contributed by atoms with Gasteiger partial charge in [-0.15, -0.1) is 0 Å². The van der Waals surface area contributed by atoms with Crippen LogP contribution in [0.1, 0.15) is 46.4 Å². The van der Waals surface area contributed by atoms with E-state index < -0.39 is 46.5 Å². The van der Waals surface area contributed by atoms with Gasteiger partial charge in [-0.05, 0) is 44.5 Å². The lowest BCUT2D eigenvalue weighted by molar-refractivity contribution is -0.0180. The second kappa shape index (κ2) is 11.7. The summed E-state index contributed by atoms with van der Waals surface area (Å²) >= 11 is 6.95. The summed E-state index contributed by atoms with van der Waals surface area (Å²) in [4.78, 5) is 37.8. The van der Waals surface area contributed by atoms with Crippen LogP contribution in [0.25, 0.3) is 22.0 Å². The first-order valence-electron chi connectivity index (χ1n) is 15.7. The van der Waals surface area contributed by atoms with Crippen molar-refractivity contribution in [3.63, 3.8) is 0 Å². The van der Waals surface area contributed by atoms with Gasteiger partial charge < -0.3 is 20.1 Å². The molecule has 2 saturated heterocycles. The van der Waals surface area contributed by atoms with Crippen LogP contribution in [-0.2, 0) is 5.54 Å². The van der Waals surface area contributed by atoms with Gasteiger partial charge in [-0.3, -0.25) is 14.4 Å². The zero-order valence-electron chi connectivity index (χ0n) is 27.0. The third-order valence-electron chi connectivity index (χ3n) is 9.77. The van der Waals surface area contributed by atoms with Crippen molar-refractivity contribution in [2.45, 2.75) is 58.3 Å². The summed E-state index contributed by atoms with van der Waals surface area (Å²) in [7, 11) is 2.07. The molecule has 248 valence electrons. The molecular weight excluding hydrogens is 618 g/mol. The van der Waals surface area contributed by atoms with Gasteiger partial charge in [0, 0.05) is 73.9 Å². The van der Waals surface area contributed by atoms with E-state index in [2.05, 4.69) is 27.1 Å². The van der Waals surface area contributed by atoms with Crippen LogP contribution in [0.4, 0.5) is 13.6 Å². The summed E-state index contributed by atoms with van der Waals surface area (Å²) in [5.41, 5.74) is -1.53. The Bertz CT molecular complexity index is 1750. The van der Waals surface area contributed by atoms with Crippen molar-refractivity contribution in [3.05, 3.63) is 57.1 Å². The largest absolute Gasteiger partial charge is 0.488 e. The molecule has 0 aliphatic carbocycles. The molecule has 2 N–H and O–H groups in total. The molecular formula is C33H41ClF2N6O4. The fourth-order valence-corrected chi connectivity index (χ4v) is 7.92. The van der Waals surface area contributed by atoms with Crippen LogP contribution in [0, 0.1) is 17.0 Å². The second-order valence-electron chi connectivity index (χ2n) is 14.2. The molecule has 4 atom stereocenters. The smallest absolute Gasteiger partial charge is 0.408 e. The molecule has 3 aromatic rings. The first kappa shape index (κ1) is 32.6. The second-order valence-corrected chi connectivity index (χ2v) is 14.6. The number of hydrogen-bond donors (Lipinski definition) is 2. The van der Waals surface area contributed by atoms with Crippen LogP contribution in [0.5, 0.6) is 5.75 Å². The molecule has 1 amide bonds. The van der Waals surface area contributed by atoms with Gasteiger partial charge in [0.25, 0.3) is 0 Å². The third-order valence-corrected chi connectivity index (χ3v) is 10.1. The van der Waals surface area contributed by atoms with Crippen molar-refractivity contribution < 1.29 is 23.4 Å². The molecule has 1 aromatic heterocycles. The van der Waals surface area contributed by atoms with Crippen LogP contribution in [0.3, 0.4) is 0 Å². The van der Waals surface area contributed by atoms with Gasteiger partial charge in [-0.1, -0.05) is 32.4 Å². The Morgan fingerprint density at radius 1 is 1.20 bits per heavy atom. The van der Waals surface area contributed by atoms with Crippen LogP contribution >= 0.6 is 11.6 Å². The van der Waals surface area contributed by atoms with Crippen molar-refractivity contribution in [1.29, 1.82) is 0 Å². The molecule has 0 spiro atoms. The van der Waals surface area contributed by atoms with E-state index >= 15 is 4.39 Å². The zero-order valence-corrected chi connectivity index (χ0v) is 27.8. The average Bonchev–Trinajstić information content (AvgIpc) is 2.97. The van der Waals surface area contributed by atoms with Crippen LogP contribution in [0.2, 0.25) is 5.02 Å². The number of piperazine rings is 2. The summed E-state index contributed by atoms with van der Waals surface area (Å²) in [5, 5.41) is 14.7. The zero-order chi connectivity index (χ0) is 33.3. The van der Waals surface area contributed by atoms with Crippen LogP contribution in [-0.4, -0.2) is 100 Å². The van der Waals surface area contributed by atoms with E-state index in [0.717, 1.165) is 38.3 Å². The van der Waals surface area contributed by atoms with Crippen molar-refractivity contribution in [1.82, 2.24) is 29.6 Å². The quantitative estimate of drug-likeness (QED) is 0.413. The predicted octanol–water partition coefficient (Wildman–Crippen LogP) is 4.78. The predicted molar refractivity (Wildman–Crippen MR) is 173 cm³/mol. The number of hydrogen-bond acceptors (Lipinski definition) is 7. The number of ether oxygens (including phenoxy) is 1. The Labute approximate surface area is 271 Å². The van der Waals surface area contributed by atoms with Gasteiger partial charge in [0.2, 0.25) is 0 Å². The third kappa shape index (κ3) is 5.42. The highest BCUT2D eigenvalue weighted by atomic mass is 35.5. The summed E-state index contributed by atoms with van der Waals surface area (Å²) in [6, 6.07) is 3.78. The molecule has 10 nitrogen and oxygen atoms in total. The van der Waals surface area contributed by atoms with Crippen LogP contribution < -0.4 is 15.7 Å². The Hall–Kier alpha value is -3.32. The molecule has 13 heteroatoms. The maximum atomic E-state index is 15.3. The molecule has 0 bridgehead atoms. The normalized spacial score (nSPS) is 25.9. The number of rotatable bonds is 4. The first-order chi connectivity index (χ1) is 21.6. The van der Waals surface area contributed by atoms with E-state index in [0.29, 0.717) is 17.4 Å². The van der Waals surface area contributed by atoms with Gasteiger partial charge >= 0.3 is 11.8 Å². The Kier molecular flexibility index (Phi) is 8.32. The summed E-state index contributed by atoms with van der Waals surface area (Å²) in [6.45, 7) is 13.9. The Morgan fingerprint density at radius 2 is 1.89 bits per heavy atom. The van der Waals surface area contributed by atoms with E-state index in [1.165, 1.54) is 11.0 Å². The molecule has 0 saturated carbocycles. The highest BCUT2D eigenvalue weighted by Gasteiger charge is 2.54. The lowest BCUT2D eigenvalue weighted by Crippen LogP contribution is -2.71. The number of benzene rings is 2. The minimum absolute atomic E-state index is 0.0253. The lowest BCUT2D eigenvalue weighted by Gasteiger charge is -2.55. The Morgan fingerprint density at radius 3 is 2.52 bits per heavy atom. The first-order valence-corrected chi connectivity index (χ1v) is 16.0. The number of carbonyl (C=O) groups is 1. The number of aromatic nitrogens is 2. The molecule has 4 heterocycles. The minimum Gasteiger partial charge on any atom is -0.488 e. The minimum atomic E-state index is -1.32. The summed E-state index contributed by atoms with van der Waals surface area (Å²) < 4.78 is 37.3. The molecule has 2 fully saturated rings. The van der Waals surface area contributed by atoms with Gasteiger partial charge in [0.15, 0.2) is 5.75 Å². The highest BCUT2D eigenvalue weighted by Crippen LogP contribution is 2.50. The number of nitrogens with one attached hydrogen (secondary N) is 1. The monoisotopic (exact) mass is 658 g/mol. The van der Waals surface area contributed by atoms with Gasteiger partial charge in [0.1, 0.15) is 23.8 Å². The maximum absolute atomic E-state index is 15.3. The van der Waals surface area contributed by atoms with E-state index in [9.17, 15) is 19.1 Å². The van der Waals surface area contributed by atoms with E-state index in [-0.39, 0.29) is 46.8 Å². The summed E-state index contributed by atoms with van der Waals surface area (Å²) in [5.74, 6) is -1.39. The van der Waals surface area contributed by atoms with Gasteiger partial charge in [-0.25, -0.2) is 18.4 Å². The van der Waals surface area contributed by atoms with Crippen LogP contribution in [0.15, 0.2) is 29.1 Å². The number of halogens is 3. The topological polar surface area (TPSA) is 103 Å². The van der Waals surface area contributed by atoms with Gasteiger partial charge in [0.05, 0.1) is 22.3 Å². The van der Waals surface area contributed by atoms with Gasteiger partial charge in [-0.2, -0.15) is 4.98 Å². The Balaban J connectivity index is 1.65. The number of likely N-dealkylation sites (N-methyl/N-ethyl adjacent to an activating group) is 1. The maximum Gasteiger partial charge on any atom is 0.408 e. The van der Waals surface area contributed by atoms with E-state index in [1.807, 2.05) is 27.7 Å². The van der Waals surface area contributed by atoms with E-state index in [4.69, 9.17) is 16.3 Å². The van der Waals surface area contributed by atoms with Crippen molar-refractivity contribution >= 4 is 28.6 Å². The van der Waals surface area contributed by atoms with Crippen molar-refractivity contribution in [2.75, 3.05) is 52.9 Å². The average molecular weight is 659 g/mol. The SMILES string of the molecule is C[C@H]1CN(C(=O)O)[C@@](C)(c2nc(=O)n3c4c(c(-c5ccc(F)cc5F)c(Cl)cc24)OC[C@H]3CN2CCN(C)CC2)C(C(C)(C)C)N1. The highest BCUT2D eigenvalue weighted by molar-refractivity contribution is 6.35. The molecule has 46 heavy (non-hydrogen) atoms. The summed E-state index contributed by atoms with van der Waals surface area (Å²) in [6.07, 6.45) is -1.14. The fraction of sp³-hybridized carbons (Fsp3) is 0.545. The molecule has 1 unspecified atom stereocenters. The van der Waals surface area contributed by atoms with Crippen molar-refractivity contribution in [2.24, 2.45) is 5.41 Å². The van der Waals surface area contributed by atoms with E-state index in [1.54, 1.807) is 17.6 Å². The molecule has 0 radical (unpaired) electrons. The number of carboxylic acid groups (broad SMARTS) is 1. The molecule has 3 aliphatic heterocycles. The standard InChI is InChI=1S/C33H41ClF2N6O4/c1-18-15-41(31(44)45)33(5,29(37-18)32(2,3)4)28-22-14-23(34)25(21-8-7-19(35)13-24(21)36)27-26(22)42(30(43)38-28)20(17-46-27)16-40-11-9-39(6)10-12-40/h7-8,13-14,18,20,29,37H,9-12,15-17H2,1-6H3,(H,44,45)/t18-,20+,29?,33-/m0/s1. The number of nitrogens with zero attached hydrogens (tertiary/aromatic N) is 5. The number of amides is 1. The molecule has 2 aromatic carbocycles. The fourth-order valence-electron chi connectivity index (χ4n) is 7.62. The molecule has 6 rings (SSSR count). The molecule has 3 aliphatic rings.